The van der Waals surface area contributed by atoms with Gasteiger partial charge in [0.15, 0.2) is 11.6 Å². The van der Waals surface area contributed by atoms with Gasteiger partial charge in [0.1, 0.15) is 18.2 Å². The highest BCUT2D eigenvalue weighted by Gasteiger charge is 2.31. The standard InChI is InChI=1S/C16H12F5NO5S/c1-28(24,25)22-15(23)11-6-13(18)14(7-12(11)17)26-8-9-2-4-10(5-3-9)27-16(19,20)21/h2-7H,8H2,1H3,(H,22,23). The summed E-state index contributed by atoms with van der Waals surface area (Å²) in [6, 6.07) is 5.50. The molecule has 12 heteroatoms. The zero-order chi connectivity index (χ0) is 21.1. The van der Waals surface area contributed by atoms with Gasteiger partial charge < -0.3 is 9.47 Å². The van der Waals surface area contributed by atoms with Gasteiger partial charge in [0.2, 0.25) is 10.0 Å². The topological polar surface area (TPSA) is 81.7 Å². The number of nitrogens with one attached hydrogen (secondary N) is 1. The summed E-state index contributed by atoms with van der Waals surface area (Å²) in [5.74, 6) is -4.77. The Kier molecular flexibility index (Phi) is 6.12. The van der Waals surface area contributed by atoms with Gasteiger partial charge in [-0.2, -0.15) is 0 Å². The van der Waals surface area contributed by atoms with Crippen LogP contribution in [0.25, 0.3) is 0 Å². The fourth-order valence-corrected chi connectivity index (χ4v) is 2.43. The van der Waals surface area contributed by atoms with Crippen molar-refractivity contribution in [2.45, 2.75) is 13.0 Å². The molecular formula is C16H12F5NO5S. The number of ether oxygens (including phenoxy) is 2. The molecule has 0 aliphatic carbocycles. The molecule has 0 aromatic heterocycles. The molecule has 0 heterocycles. The van der Waals surface area contributed by atoms with Crippen LogP contribution in [0.15, 0.2) is 36.4 Å². The van der Waals surface area contributed by atoms with E-state index in [0.717, 1.165) is 12.1 Å². The van der Waals surface area contributed by atoms with Crippen molar-refractivity contribution >= 4 is 15.9 Å². The Labute approximate surface area is 155 Å². The second-order valence-corrected chi connectivity index (χ2v) is 7.19. The molecule has 0 radical (unpaired) electrons. The summed E-state index contributed by atoms with van der Waals surface area (Å²) in [5.41, 5.74) is -0.517. The molecule has 0 saturated heterocycles. The Hall–Kier alpha value is -2.89. The number of benzene rings is 2. The summed E-state index contributed by atoms with van der Waals surface area (Å²) >= 11 is 0. The van der Waals surface area contributed by atoms with Crippen LogP contribution in [-0.4, -0.2) is 26.9 Å². The maximum Gasteiger partial charge on any atom is 0.573 e. The molecule has 2 rings (SSSR count). The average molecular weight is 425 g/mol. The molecule has 0 aliphatic rings. The summed E-state index contributed by atoms with van der Waals surface area (Å²) in [7, 11) is -3.97. The van der Waals surface area contributed by atoms with Crippen molar-refractivity contribution in [3.63, 3.8) is 0 Å². The normalized spacial score (nSPS) is 11.8. The fraction of sp³-hybridized carbons (Fsp3) is 0.188. The third kappa shape index (κ3) is 6.37. The summed E-state index contributed by atoms with van der Waals surface area (Å²) in [6.07, 6.45) is -4.18. The molecule has 0 fully saturated rings. The first kappa shape index (κ1) is 21.4. The summed E-state index contributed by atoms with van der Waals surface area (Å²) < 4.78 is 96.5. The number of amides is 1. The first-order valence-electron chi connectivity index (χ1n) is 7.33. The number of alkyl halides is 3. The van der Waals surface area contributed by atoms with E-state index < -0.39 is 51.0 Å². The molecule has 1 amide bonds. The average Bonchev–Trinajstić information content (AvgIpc) is 2.53. The van der Waals surface area contributed by atoms with E-state index in [4.69, 9.17) is 4.74 Å². The quantitative estimate of drug-likeness (QED) is 0.720. The van der Waals surface area contributed by atoms with Gasteiger partial charge >= 0.3 is 6.36 Å². The van der Waals surface area contributed by atoms with Crippen LogP contribution in [0.1, 0.15) is 15.9 Å². The van der Waals surface area contributed by atoms with Crippen molar-refractivity contribution in [1.29, 1.82) is 0 Å². The van der Waals surface area contributed by atoms with Crippen molar-refractivity contribution in [2.75, 3.05) is 6.26 Å². The van der Waals surface area contributed by atoms with Crippen LogP contribution in [0.5, 0.6) is 11.5 Å². The van der Waals surface area contributed by atoms with E-state index in [-0.39, 0.29) is 6.61 Å². The van der Waals surface area contributed by atoms with Crippen molar-refractivity contribution in [3.05, 3.63) is 59.2 Å². The molecule has 6 nitrogen and oxygen atoms in total. The van der Waals surface area contributed by atoms with Gasteiger partial charge in [0.25, 0.3) is 5.91 Å². The largest absolute Gasteiger partial charge is 0.573 e. The lowest BCUT2D eigenvalue weighted by Gasteiger charge is -2.11. The Balaban J connectivity index is 2.09. The lowest BCUT2D eigenvalue weighted by atomic mass is 10.2. The maximum atomic E-state index is 14.0. The first-order chi connectivity index (χ1) is 12.8. The van der Waals surface area contributed by atoms with Gasteiger partial charge in [0.05, 0.1) is 11.8 Å². The number of sulfonamides is 1. The van der Waals surface area contributed by atoms with E-state index in [2.05, 4.69) is 4.74 Å². The van der Waals surface area contributed by atoms with Gasteiger partial charge in [-0.25, -0.2) is 21.9 Å². The van der Waals surface area contributed by atoms with Crippen molar-refractivity contribution in [3.8, 4) is 11.5 Å². The smallest absolute Gasteiger partial charge is 0.486 e. The van der Waals surface area contributed by atoms with E-state index in [1.54, 1.807) is 0 Å². The number of hydrogen-bond donors (Lipinski definition) is 1. The number of halogens is 5. The predicted molar refractivity (Wildman–Crippen MR) is 86.1 cm³/mol. The van der Waals surface area contributed by atoms with Gasteiger partial charge in [-0.05, 0) is 23.8 Å². The fourth-order valence-electron chi connectivity index (χ4n) is 1.99. The SMILES string of the molecule is CS(=O)(=O)NC(=O)c1cc(F)c(OCc2ccc(OC(F)(F)F)cc2)cc1F. The van der Waals surface area contributed by atoms with E-state index >= 15 is 0 Å². The summed E-state index contributed by atoms with van der Waals surface area (Å²) in [6.45, 7) is -0.322. The molecule has 0 spiro atoms. The molecule has 28 heavy (non-hydrogen) atoms. The van der Waals surface area contributed by atoms with Crippen molar-refractivity contribution in [2.24, 2.45) is 0 Å². The minimum absolute atomic E-state index is 0.322. The third-order valence-corrected chi connectivity index (χ3v) is 3.65. The third-order valence-electron chi connectivity index (χ3n) is 3.10. The number of hydrogen-bond acceptors (Lipinski definition) is 5. The molecule has 152 valence electrons. The van der Waals surface area contributed by atoms with Crippen molar-refractivity contribution < 1.29 is 44.6 Å². The zero-order valence-corrected chi connectivity index (χ0v) is 14.8. The number of carbonyl (C=O) groups excluding carboxylic acids is 1. The predicted octanol–water partition coefficient (Wildman–Crippen LogP) is 3.13. The van der Waals surface area contributed by atoms with Crippen molar-refractivity contribution in [1.82, 2.24) is 4.72 Å². The van der Waals surface area contributed by atoms with Crippen LogP contribution in [0.2, 0.25) is 0 Å². The molecular weight excluding hydrogens is 413 g/mol. The van der Waals surface area contributed by atoms with Crippen LogP contribution >= 0.6 is 0 Å². The lowest BCUT2D eigenvalue weighted by Crippen LogP contribution is -2.30. The first-order valence-corrected chi connectivity index (χ1v) is 9.22. The van der Waals surface area contributed by atoms with E-state index in [1.807, 2.05) is 0 Å². The molecule has 0 atom stereocenters. The van der Waals surface area contributed by atoms with Crippen LogP contribution in [0, 0.1) is 11.6 Å². The maximum absolute atomic E-state index is 14.0. The molecule has 0 saturated carbocycles. The molecule has 2 aromatic rings. The molecule has 2 aromatic carbocycles. The Morgan fingerprint density at radius 1 is 1.07 bits per heavy atom. The van der Waals surface area contributed by atoms with Crippen LogP contribution in [-0.2, 0) is 16.6 Å². The highest BCUT2D eigenvalue weighted by Crippen LogP contribution is 2.25. The van der Waals surface area contributed by atoms with E-state index in [0.29, 0.717) is 24.0 Å². The van der Waals surface area contributed by atoms with Gasteiger partial charge in [-0.3, -0.25) is 4.79 Å². The Bertz CT molecular complexity index is 974. The van der Waals surface area contributed by atoms with Crippen LogP contribution < -0.4 is 14.2 Å². The number of carbonyl (C=O) groups is 1. The zero-order valence-electron chi connectivity index (χ0n) is 14.0. The van der Waals surface area contributed by atoms with Gasteiger partial charge in [-0.15, -0.1) is 13.2 Å². The monoisotopic (exact) mass is 425 g/mol. The Morgan fingerprint density at radius 3 is 2.21 bits per heavy atom. The highest BCUT2D eigenvalue weighted by molar-refractivity contribution is 7.89. The lowest BCUT2D eigenvalue weighted by molar-refractivity contribution is -0.274. The minimum atomic E-state index is -4.84. The summed E-state index contributed by atoms with van der Waals surface area (Å²) in [4.78, 5) is 11.6. The number of rotatable bonds is 6. The molecule has 0 bridgehead atoms. The minimum Gasteiger partial charge on any atom is -0.486 e. The highest BCUT2D eigenvalue weighted by atomic mass is 32.2. The second kappa shape index (κ2) is 8.00. The van der Waals surface area contributed by atoms with Crippen LogP contribution in [0.3, 0.4) is 0 Å². The molecule has 1 N–H and O–H groups in total. The molecule has 0 unspecified atom stereocenters. The van der Waals surface area contributed by atoms with E-state index in [9.17, 15) is 35.2 Å². The summed E-state index contributed by atoms with van der Waals surface area (Å²) in [5, 5.41) is 0. The second-order valence-electron chi connectivity index (χ2n) is 5.45. The molecule has 0 aliphatic heterocycles. The van der Waals surface area contributed by atoms with Crippen LogP contribution in [0.4, 0.5) is 22.0 Å². The Morgan fingerprint density at radius 2 is 1.68 bits per heavy atom. The van der Waals surface area contributed by atoms with E-state index in [1.165, 1.54) is 16.9 Å². The van der Waals surface area contributed by atoms with Gasteiger partial charge in [0, 0.05) is 6.07 Å². The van der Waals surface area contributed by atoms with Gasteiger partial charge in [-0.1, -0.05) is 12.1 Å².